The molecule has 0 radical (unpaired) electrons. The van der Waals surface area contributed by atoms with Gasteiger partial charge in [0, 0.05) is 12.8 Å². The number of hydrogen-bond donors (Lipinski definition) is 1. The minimum Gasteiger partial charge on any atom is -0.444 e. The second-order valence-corrected chi connectivity index (χ2v) is 3.80. The van der Waals surface area contributed by atoms with Gasteiger partial charge in [0.25, 0.3) is 0 Å². The Morgan fingerprint density at radius 2 is 1.94 bits per heavy atom. The molecule has 4 heteroatoms. The fourth-order valence-corrected chi connectivity index (χ4v) is 1.37. The van der Waals surface area contributed by atoms with Gasteiger partial charge in [-0.15, -0.1) is 12.4 Å². The van der Waals surface area contributed by atoms with Crippen molar-refractivity contribution in [2.75, 3.05) is 0 Å². The second kappa shape index (κ2) is 6.51. The van der Waals surface area contributed by atoms with Crippen molar-refractivity contribution in [3.05, 3.63) is 35.9 Å². The molecule has 0 spiro atoms. The standard InChI is InChI=1S/C12H17NO2.ClH/c1-3-11(14)15-12(2,13)9-10-7-5-4-6-8-10;/h4-8H,3,9,13H2,1-2H3;1H/t12-;/m1./s1. The monoisotopic (exact) mass is 243 g/mol. The van der Waals surface area contributed by atoms with Crippen LogP contribution in [0.15, 0.2) is 30.3 Å². The molecule has 0 aromatic heterocycles. The van der Waals surface area contributed by atoms with Crippen LogP contribution in [0.25, 0.3) is 0 Å². The molecule has 0 aliphatic heterocycles. The summed E-state index contributed by atoms with van der Waals surface area (Å²) in [6, 6.07) is 9.74. The van der Waals surface area contributed by atoms with Crippen molar-refractivity contribution in [2.45, 2.75) is 32.4 Å². The molecule has 3 nitrogen and oxygen atoms in total. The van der Waals surface area contributed by atoms with E-state index in [9.17, 15) is 4.79 Å². The van der Waals surface area contributed by atoms with Crippen molar-refractivity contribution in [1.82, 2.24) is 0 Å². The lowest BCUT2D eigenvalue weighted by molar-refractivity contribution is -0.157. The summed E-state index contributed by atoms with van der Waals surface area (Å²) >= 11 is 0. The molecule has 1 aromatic carbocycles. The first-order valence-electron chi connectivity index (χ1n) is 5.08. The van der Waals surface area contributed by atoms with Crippen molar-refractivity contribution < 1.29 is 9.53 Å². The number of halogens is 1. The van der Waals surface area contributed by atoms with Gasteiger partial charge in [0.1, 0.15) is 0 Å². The van der Waals surface area contributed by atoms with Gasteiger partial charge in [-0.3, -0.25) is 10.5 Å². The first-order valence-corrected chi connectivity index (χ1v) is 5.08. The number of esters is 1. The molecule has 0 unspecified atom stereocenters. The van der Waals surface area contributed by atoms with E-state index < -0.39 is 5.72 Å². The van der Waals surface area contributed by atoms with Crippen LogP contribution >= 0.6 is 12.4 Å². The second-order valence-electron chi connectivity index (χ2n) is 3.80. The summed E-state index contributed by atoms with van der Waals surface area (Å²) in [5.74, 6) is -0.268. The van der Waals surface area contributed by atoms with E-state index in [0.717, 1.165) is 5.56 Å². The Morgan fingerprint density at radius 3 is 2.44 bits per heavy atom. The molecular weight excluding hydrogens is 226 g/mol. The SMILES string of the molecule is CCC(=O)O[C@@](C)(N)Cc1ccccc1.Cl. The Balaban J connectivity index is 0.00000225. The van der Waals surface area contributed by atoms with Crippen LogP contribution in [0.3, 0.4) is 0 Å². The zero-order valence-electron chi connectivity index (χ0n) is 9.60. The zero-order chi connectivity index (χ0) is 11.3. The van der Waals surface area contributed by atoms with Gasteiger partial charge in [-0.25, -0.2) is 0 Å². The molecule has 0 bridgehead atoms. The lowest BCUT2D eigenvalue weighted by Crippen LogP contribution is -2.43. The van der Waals surface area contributed by atoms with E-state index in [0.29, 0.717) is 12.8 Å². The number of ether oxygens (including phenoxy) is 1. The lowest BCUT2D eigenvalue weighted by Gasteiger charge is -2.24. The van der Waals surface area contributed by atoms with E-state index in [-0.39, 0.29) is 18.4 Å². The number of carbonyl (C=O) groups is 1. The van der Waals surface area contributed by atoms with Gasteiger partial charge >= 0.3 is 5.97 Å². The largest absolute Gasteiger partial charge is 0.444 e. The van der Waals surface area contributed by atoms with E-state index in [1.165, 1.54) is 0 Å². The van der Waals surface area contributed by atoms with E-state index in [1.807, 2.05) is 30.3 Å². The van der Waals surface area contributed by atoms with Crippen LogP contribution in [0.1, 0.15) is 25.8 Å². The molecule has 1 rings (SSSR count). The quantitative estimate of drug-likeness (QED) is 0.652. The van der Waals surface area contributed by atoms with Gasteiger partial charge in [-0.05, 0) is 12.5 Å². The Labute approximate surface area is 102 Å². The third-order valence-electron chi connectivity index (χ3n) is 2.03. The highest BCUT2D eigenvalue weighted by atomic mass is 35.5. The smallest absolute Gasteiger partial charge is 0.307 e. The Morgan fingerprint density at radius 1 is 1.38 bits per heavy atom. The van der Waals surface area contributed by atoms with Crippen LogP contribution < -0.4 is 5.73 Å². The van der Waals surface area contributed by atoms with E-state index >= 15 is 0 Å². The van der Waals surface area contributed by atoms with Crippen molar-refractivity contribution in [2.24, 2.45) is 5.73 Å². The number of benzene rings is 1. The molecule has 1 atom stereocenters. The van der Waals surface area contributed by atoms with Crippen molar-refractivity contribution >= 4 is 18.4 Å². The molecule has 1 aromatic rings. The van der Waals surface area contributed by atoms with E-state index in [2.05, 4.69) is 0 Å². The summed E-state index contributed by atoms with van der Waals surface area (Å²) in [6.07, 6.45) is 0.876. The lowest BCUT2D eigenvalue weighted by atomic mass is 10.1. The molecular formula is C12H18ClNO2. The third kappa shape index (κ3) is 5.14. The Kier molecular flexibility index (Phi) is 6.08. The molecule has 16 heavy (non-hydrogen) atoms. The van der Waals surface area contributed by atoms with E-state index in [4.69, 9.17) is 10.5 Å². The maximum absolute atomic E-state index is 11.1. The maximum atomic E-state index is 11.1. The van der Waals surface area contributed by atoms with Crippen LogP contribution in [0, 0.1) is 0 Å². The van der Waals surface area contributed by atoms with Gasteiger partial charge in [0.2, 0.25) is 0 Å². The van der Waals surface area contributed by atoms with Gasteiger partial charge in [-0.1, -0.05) is 37.3 Å². The number of nitrogens with two attached hydrogens (primary N) is 1. The maximum Gasteiger partial charge on any atom is 0.307 e. The molecule has 90 valence electrons. The average Bonchev–Trinajstić information content (AvgIpc) is 2.17. The normalized spacial score (nSPS) is 13.4. The fraction of sp³-hybridized carbons (Fsp3) is 0.417. The zero-order valence-corrected chi connectivity index (χ0v) is 10.4. The van der Waals surface area contributed by atoms with Crippen LogP contribution in [-0.4, -0.2) is 11.7 Å². The van der Waals surface area contributed by atoms with Gasteiger partial charge in [0.15, 0.2) is 5.72 Å². The number of rotatable bonds is 4. The molecule has 0 aliphatic rings. The molecule has 0 heterocycles. The van der Waals surface area contributed by atoms with Crippen molar-refractivity contribution in [3.8, 4) is 0 Å². The first-order chi connectivity index (χ1) is 7.03. The Hall–Kier alpha value is -1.06. The van der Waals surface area contributed by atoms with Crippen molar-refractivity contribution in [1.29, 1.82) is 0 Å². The number of carbonyl (C=O) groups excluding carboxylic acids is 1. The fourth-order valence-electron chi connectivity index (χ4n) is 1.37. The predicted molar refractivity (Wildman–Crippen MR) is 66.4 cm³/mol. The predicted octanol–water partition coefficient (Wildman–Crippen LogP) is 2.28. The minimum absolute atomic E-state index is 0. The molecule has 0 fully saturated rings. The van der Waals surface area contributed by atoms with E-state index in [1.54, 1.807) is 13.8 Å². The third-order valence-corrected chi connectivity index (χ3v) is 2.03. The van der Waals surface area contributed by atoms with Crippen LogP contribution in [0.5, 0.6) is 0 Å². The van der Waals surface area contributed by atoms with Crippen LogP contribution in [0.2, 0.25) is 0 Å². The number of hydrogen-bond acceptors (Lipinski definition) is 3. The van der Waals surface area contributed by atoms with Crippen LogP contribution in [0.4, 0.5) is 0 Å². The molecule has 2 N–H and O–H groups in total. The summed E-state index contributed by atoms with van der Waals surface area (Å²) in [5.41, 5.74) is 6.02. The highest BCUT2D eigenvalue weighted by molar-refractivity contribution is 5.85. The summed E-state index contributed by atoms with van der Waals surface area (Å²) in [4.78, 5) is 11.1. The van der Waals surface area contributed by atoms with Crippen LogP contribution in [-0.2, 0) is 16.0 Å². The van der Waals surface area contributed by atoms with Crippen molar-refractivity contribution in [3.63, 3.8) is 0 Å². The van der Waals surface area contributed by atoms with Gasteiger partial charge in [-0.2, -0.15) is 0 Å². The first kappa shape index (κ1) is 14.9. The average molecular weight is 244 g/mol. The summed E-state index contributed by atoms with van der Waals surface area (Å²) in [7, 11) is 0. The summed E-state index contributed by atoms with van der Waals surface area (Å²) < 4.78 is 5.13. The minimum atomic E-state index is -0.922. The van der Waals surface area contributed by atoms with Gasteiger partial charge < -0.3 is 4.74 Å². The Bertz CT molecular complexity index is 325. The summed E-state index contributed by atoms with van der Waals surface area (Å²) in [5, 5.41) is 0. The molecule has 0 amide bonds. The molecule has 0 saturated carbocycles. The highest BCUT2D eigenvalue weighted by Gasteiger charge is 2.22. The molecule has 0 saturated heterocycles. The highest BCUT2D eigenvalue weighted by Crippen LogP contribution is 2.12. The molecule has 0 aliphatic carbocycles. The topological polar surface area (TPSA) is 52.3 Å². The van der Waals surface area contributed by atoms with Gasteiger partial charge in [0.05, 0.1) is 0 Å². The summed E-state index contributed by atoms with van der Waals surface area (Å²) in [6.45, 7) is 3.47.